The molecule has 1 heterocycles. The molecule has 0 radical (unpaired) electrons. The van der Waals surface area contributed by atoms with Crippen LogP contribution in [0.1, 0.15) is 16.6 Å². The van der Waals surface area contributed by atoms with Gasteiger partial charge in [-0.05, 0) is 44.8 Å². The average molecular weight is 342 g/mol. The van der Waals surface area contributed by atoms with E-state index in [1.165, 1.54) is 11.3 Å². The third kappa shape index (κ3) is 3.34. The number of halogens is 2. The molecule has 1 rings (SSSR count). The van der Waals surface area contributed by atoms with Gasteiger partial charge >= 0.3 is 0 Å². The Bertz CT molecular complexity index is 319. The van der Waals surface area contributed by atoms with Crippen LogP contribution in [-0.4, -0.2) is 18.5 Å². The lowest BCUT2D eigenvalue weighted by molar-refractivity contribution is 0.0956. The van der Waals surface area contributed by atoms with E-state index in [1.807, 2.05) is 6.92 Å². The predicted octanol–water partition coefficient (Wildman–Crippen LogP) is 2.35. The van der Waals surface area contributed by atoms with Crippen LogP contribution in [-0.2, 0) is 0 Å². The zero-order valence-corrected chi connectivity index (χ0v) is 11.5. The molecule has 0 saturated heterocycles. The molecule has 0 fully saturated rings. The van der Waals surface area contributed by atoms with E-state index in [0.29, 0.717) is 11.4 Å². The highest BCUT2D eigenvalue weighted by Crippen LogP contribution is 2.32. The maximum absolute atomic E-state index is 11.5. The van der Waals surface area contributed by atoms with Crippen molar-refractivity contribution in [3.63, 3.8) is 0 Å². The number of carbonyl (C=O) groups excluding carboxylic acids is 1. The van der Waals surface area contributed by atoms with Crippen molar-refractivity contribution in [2.75, 3.05) is 6.54 Å². The second-order valence-corrected chi connectivity index (χ2v) is 6.14. The van der Waals surface area contributed by atoms with E-state index < -0.39 is 0 Å². The Labute approximate surface area is 103 Å². The van der Waals surface area contributed by atoms with E-state index in [-0.39, 0.29) is 11.9 Å². The number of nitrogens with two attached hydrogens (primary N) is 1. The summed E-state index contributed by atoms with van der Waals surface area (Å²) in [6.07, 6.45) is 0. The Hall–Kier alpha value is 0.0900. The topological polar surface area (TPSA) is 55.1 Å². The quantitative estimate of drug-likeness (QED) is 0.886. The molecule has 0 aliphatic rings. The van der Waals surface area contributed by atoms with Crippen LogP contribution in [0.5, 0.6) is 0 Å². The van der Waals surface area contributed by atoms with Gasteiger partial charge in [-0.25, -0.2) is 0 Å². The lowest BCUT2D eigenvalue weighted by atomic mass is 10.3. The van der Waals surface area contributed by atoms with Gasteiger partial charge in [-0.2, -0.15) is 0 Å². The zero-order chi connectivity index (χ0) is 10.7. The fourth-order valence-corrected chi connectivity index (χ4v) is 2.75. The summed E-state index contributed by atoms with van der Waals surface area (Å²) in [7, 11) is 0. The summed E-state index contributed by atoms with van der Waals surface area (Å²) in [6.45, 7) is 2.34. The van der Waals surface area contributed by atoms with Crippen molar-refractivity contribution in [1.29, 1.82) is 0 Å². The normalized spacial score (nSPS) is 12.6. The maximum atomic E-state index is 11.5. The van der Waals surface area contributed by atoms with Crippen LogP contribution in [0, 0.1) is 0 Å². The van der Waals surface area contributed by atoms with Crippen LogP contribution in [0.15, 0.2) is 14.3 Å². The number of thiophene rings is 1. The predicted molar refractivity (Wildman–Crippen MR) is 65.7 cm³/mol. The number of rotatable bonds is 3. The van der Waals surface area contributed by atoms with Gasteiger partial charge in [-0.1, -0.05) is 0 Å². The summed E-state index contributed by atoms with van der Waals surface area (Å²) in [5.41, 5.74) is 5.52. The summed E-state index contributed by atoms with van der Waals surface area (Å²) in [6, 6.07) is 1.76. The fraction of sp³-hybridized carbons (Fsp3) is 0.375. The number of nitrogens with one attached hydrogen (secondary N) is 1. The Morgan fingerprint density at radius 1 is 1.71 bits per heavy atom. The third-order valence-corrected chi connectivity index (χ3v) is 4.71. The van der Waals surface area contributed by atoms with E-state index in [9.17, 15) is 4.79 Å². The van der Waals surface area contributed by atoms with Crippen LogP contribution in [0.4, 0.5) is 0 Å². The molecule has 1 aromatic heterocycles. The van der Waals surface area contributed by atoms with Crippen LogP contribution in [0.25, 0.3) is 0 Å². The summed E-state index contributed by atoms with van der Waals surface area (Å²) >= 11 is 8.05. The van der Waals surface area contributed by atoms with Gasteiger partial charge in [0.2, 0.25) is 0 Å². The number of carbonyl (C=O) groups is 1. The van der Waals surface area contributed by atoms with Crippen LogP contribution in [0.2, 0.25) is 0 Å². The minimum atomic E-state index is -0.0845. The fourth-order valence-electron chi connectivity index (χ4n) is 0.799. The monoisotopic (exact) mass is 340 g/mol. The first-order valence-corrected chi connectivity index (χ1v) is 6.39. The Morgan fingerprint density at radius 2 is 2.36 bits per heavy atom. The van der Waals surface area contributed by atoms with E-state index in [2.05, 4.69) is 37.2 Å². The van der Waals surface area contributed by atoms with Crippen LogP contribution < -0.4 is 11.1 Å². The van der Waals surface area contributed by atoms with Crippen molar-refractivity contribution >= 4 is 49.1 Å². The second kappa shape index (κ2) is 5.25. The minimum absolute atomic E-state index is 0.0224. The molecular formula is C8H10Br2N2OS. The Morgan fingerprint density at radius 3 is 2.79 bits per heavy atom. The molecule has 0 aliphatic heterocycles. The highest BCUT2D eigenvalue weighted by atomic mass is 79.9. The molecule has 1 unspecified atom stereocenters. The molecule has 1 atom stereocenters. The average Bonchev–Trinajstić information content (AvgIpc) is 2.43. The van der Waals surface area contributed by atoms with E-state index in [0.717, 1.165) is 8.26 Å². The highest BCUT2D eigenvalue weighted by molar-refractivity contribution is 9.13. The van der Waals surface area contributed by atoms with Crippen LogP contribution >= 0.6 is 43.2 Å². The van der Waals surface area contributed by atoms with Crippen molar-refractivity contribution in [2.24, 2.45) is 5.73 Å². The lowest BCUT2D eigenvalue weighted by Gasteiger charge is -2.05. The van der Waals surface area contributed by atoms with Crippen LogP contribution in [0.3, 0.4) is 0 Å². The van der Waals surface area contributed by atoms with Gasteiger partial charge in [0.25, 0.3) is 5.91 Å². The second-order valence-electron chi connectivity index (χ2n) is 2.92. The SMILES string of the molecule is CC(N)CNC(=O)c1cc(Br)c(Br)s1. The van der Waals surface area contributed by atoms with E-state index >= 15 is 0 Å². The molecule has 0 bridgehead atoms. The van der Waals surface area contributed by atoms with Crippen molar-refractivity contribution < 1.29 is 4.79 Å². The van der Waals surface area contributed by atoms with Gasteiger partial charge in [0, 0.05) is 17.1 Å². The molecule has 78 valence electrons. The smallest absolute Gasteiger partial charge is 0.261 e. The molecule has 0 aromatic carbocycles. The van der Waals surface area contributed by atoms with Gasteiger partial charge in [-0.3, -0.25) is 4.79 Å². The van der Waals surface area contributed by atoms with E-state index in [1.54, 1.807) is 6.07 Å². The molecule has 14 heavy (non-hydrogen) atoms. The third-order valence-electron chi connectivity index (χ3n) is 1.45. The molecule has 1 aromatic rings. The summed E-state index contributed by atoms with van der Waals surface area (Å²) in [5, 5.41) is 2.74. The van der Waals surface area contributed by atoms with Crippen molar-refractivity contribution in [3.05, 3.63) is 19.2 Å². The Kier molecular flexibility index (Phi) is 4.56. The van der Waals surface area contributed by atoms with Gasteiger partial charge in [-0.15, -0.1) is 11.3 Å². The van der Waals surface area contributed by atoms with Gasteiger partial charge in [0.05, 0.1) is 8.66 Å². The van der Waals surface area contributed by atoms with E-state index in [4.69, 9.17) is 5.73 Å². The number of hydrogen-bond acceptors (Lipinski definition) is 3. The summed E-state index contributed by atoms with van der Waals surface area (Å²) in [4.78, 5) is 12.2. The highest BCUT2D eigenvalue weighted by Gasteiger charge is 2.11. The Balaban J connectivity index is 2.61. The first-order chi connectivity index (χ1) is 6.50. The summed E-state index contributed by atoms with van der Waals surface area (Å²) in [5.74, 6) is -0.0845. The number of hydrogen-bond donors (Lipinski definition) is 2. The van der Waals surface area contributed by atoms with Crippen molar-refractivity contribution in [2.45, 2.75) is 13.0 Å². The zero-order valence-electron chi connectivity index (χ0n) is 7.51. The maximum Gasteiger partial charge on any atom is 0.261 e. The van der Waals surface area contributed by atoms with Gasteiger partial charge in [0.1, 0.15) is 0 Å². The molecule has 1 amide bonds. The summed E-state index contributed by atoms with van der Waals surface area (Å²) < 4.78 is 1.82. The standard InChI is InChI=1S/C8H10Br2N2OS/c1-4(11)3-12-8(13)6-2-5(9)7(10)14-6/h2,4H,3,11H2,1H3,(H,12,13). The first kappa shape index (κ1) is 12.2. The number of amides is 1. The molecule has 0 saturated carbocycles. The van der Waals surface area contributed by atoms with Crippen molar-refractivity contribution in [3.8, 4) is 0 Å². The molecule has 0 aliphatic carbocycles. The largest absolute Gasteiger partial charge is 0.350 e. The lowest BCUT2D eigenvalue weighted by Crippen LogP contribution is -2.34. The molecule has 3 N–H and O–H groups in total. The minimum Gasteiger partial charge on any atom is -0.350 e. The van der Waals surface area contributed by atoms with Crippen molar-refractivity contribution in [1.82, 2.24) is 5.32 Å². The molecule has 0 spiro atoms. The van der Waals surface area contributed by atoms with Gasteiger partial charge < -0.3 is 11.1 Å². The first-order valence-electron chi connectivity index (χ1n) is 3.99. The molecule has 6 heteroatoms. The molecular weight excluding hydrogens is 332 g/mol. The van der Waals surface area contributed by atoms with Gasteiger partial charge in [0.15, 0.2) is 0 Å². The molecule has 3 nitrogen and oxygen atoms in total.